The lowest BCUT2D eigenvalue weighted by molar-refractivity contribution is -0.661. The Labute approximate surface area is 154 Å². The van der Waals surface area contributed by atoms with Crippen molar-refractivity contribution in [1.29, 1.82) is 0 Å². The van der Waals surface area contributed by atoms with Crippen LogP contribution in [-0.2, 0) is 11.2 Å². The summed E-state index contributed by atoms with van der Waals surface area (Å²) in [4.78, 5) is 0. The maximum Gasteiger partial charge on any atom is 0.123 e. The quantitative estimate of drug-likeness (QED) is 0.601. The third kappa shape index (κ3) is 7.88. The third-order valence-corrected chi connectivity index (χ3v) is 3.95. The van der Waals surface area contributed by atoms with E-state index in [4.69, 9.17) is 26.2 Å². The van der Waals surface area contributed by atoms with Crippen LogP contribution in [-0.4, -0.2) is 44.1 Å². The summed E-state index contributed by atoms with van der Waals surface area (Å²) in [5.41, 5.74) is 2.29. The number of rotatable bonds is 11. The van der Waals surface area contributed by atoms with Crippen LogP contribution in [0.4, 0.5) is 0 Å². The van der Waals surface area contributed by atoms with Gasteiger partial charge in [0.2, 0.25) is 0 Å². The van der Waals surface area contributed by atoms with Crippen LogP contribution in [0.1, 0.15) is 18.1 Å². The number of ether oxygens (including phenoxy) is 2. The van der Waals surface area contributed by atoms with Gasteiger partial charge in [-0.15, -0.1) is 0 Å². The Kier molecular flexibility index (Phi) is 8.77. The Morgan fingerprint density at radius 3 is 2.64 bits per heavy atom. The van der Waals surface area contributed by atoms with Crippen LogP contribution in [0, 0.1) is 0 Å². The molecular formula is C20H27ClNO3+. The van der Waals surface area contributed by atoms with Gasteiger partial charge >= 0.3 is 0 Å². The van der Waals surface area contributed by atoms with E-state index in [1.165, 1.54) is 5.56 Å². The smallest absolute Gasteiger partial charge is 0.123 e. The molecule has 136 valence electrons. The predicted octanol–water partition coefficient (Wildman–Crippen LogP) is 2.27. The number of aliphatic hydroxyl groups is 1. The van der Waals surface area contributed by atoms with Crippen molar-refractivity contribution < 1.29 is 19.9 Å². The second-order valence-corrected chi connectivity index (χ2v) is 6.47. The van der Waals surface area contributed by atoms with Crippen LogP contribution in [0.15, 0.2) is 48.5 Å². The molecule has 0 saturated carbocycles. The van der Waals surface area contributed by atoms with Crippen molar-refractivity contribution in [2.24, 2.45) is 0 Å². The molecule has 0 aliphatic rings. The molecule has 4 nitrogen and oxygen atoms in total. The molecule has 0 spiro atoms. The molecule has 0 heterocycles. The lowest BCUT2D eigenvalue weighted by Gasteiger charge is -2.12. The minimum absolute atomic E-state index is 0.281. The minimum atomic E-state index is -0.281. The van der Waals surface area contributed by atoms with Gasteiger partial charge in [0.05, 0.1) is 25.9 Å². The van der Waals surface area contributed by atoms with Gasteiger partial charge in [-0.05, 0) is 36.2 Å². The summed E-state index contributed by atoms with van der Waals surface area (Å²) < 4.78 is 11.4. The number of nitrogens with two attached hydrogens (primary N) is 1. The highest BCUT2D eigenvalue weighted by Gasteiger charge is 2.06. The van der Waals surface area contributed by atoms with Crippen LogP contribution in [0.25, 0.3) is 0 Å². The molecule has 0 radical (unpaired) electrons. The van der Waals surface area contributed by atoms with E-state index in [1.807, 2.05) is 41.7 Å². The van der Waals surface area contributed by atoms with Gasteiger partial charge in [-0.25, -0.2) is 0 Å². The largest absolute Gasteiger partial charge is 0.491 e. The first kappa shape index (κ1) is 19.7. The maximum atomic E-state index is 9.17. The molecule has 0 aromatic heterocycles. The van der Waals surface area contributed by atoms with Crippen LogP contribution >= 0.6 is 11.6 Å². The molecule has 0 saturated heterocycles. The zero-order valence-corrected chi connectivity index (χ0v) is 15.4. The highest BCUT2D eigenvalue weighted by molar-refractivity contribution is 6.30. The SMILES string of the molecule is C[C@@H](O)C[NH2+]CCOCCOc1ccc(Cl)cc1Cc1ccccc1. The molecule has 1 atom stereocenters. The zero-order valence-electron chi connectivity index (χ0n) is 14.7. The first-order chi connectivity index (χ1) is 12.1. The van der Waals surface area contributed by atoms with E-state index < -0.39 is 0 Å². The van der Waals surface area contributed by atoms with Crippen LogP contribution < -0.4 is 10.1 Å². The normalized spacial score (nSPS) is 12.1. The number of aliphatic hydroxyl groups excluding tert-OH is 1. The van der Waals surface area contributed by atoms with Crippen LogP contribution in [0.3, 0.4) is 0 Å². The van der Waals surface area contributed by atoms with Crippen molar-refractivity contribution in [1.82, 2.24) is 0 Å². The van der Waals surface area contributed by atoms with Crippen LogP contribution in [0.2, 0.25) is 5.02 Å². The van der Waals surface area contributed by atoms with E-state index in [0.29, 0.717) is 31.4 Å². The van der Waals surface area contributed by atoms with Gasteiger partial charge < -0.3 is 19.9 Å². The standard InChI is InChI=1S/C20H26ClNO3/c1-16(23)15-22-9-10-24-11-12-25-20-8-7-19(21)14-18(20)13-17-5-3-2-4-6-17/h2-8,14,16,22-23H,9-13,15H2,1H3/p+1/t16-/m1/s1. The van der Waals surface area contributed by atoms with E-state index in [1.54, 1.807) is 6.92 Å². The van der Waals surface area contributed by atoms with E-state index >= 15 is 0 Å². The molecule has 25 heavy (non-hydrogen) atoms. The fourth-order valence-electron chi connectivity index (χ4n) is 2.48. The number of hydrogen-bond donors (Lipinski definition) is 2. The molecular weight excluding hydrogens is 338 g/mol. The molecule has 0 aliphatic carbocycles. The monoisotopic (exact) mass is 364 g/mol. The summed E-state index contributed by atoms with van der Waals surface area (Å²) in [6.07, 6.45) is 0.502. The predicted molar refractivity (Wildman–Crippen MR) is 100 cm³/mol. The zero-order chi connectivity index (χ0) is 17.9. The van der Waals surface area contributed by atoms with Crippen molar-refractivity contribution in [3.8, 4) is 5.75 Å². The van der Waals surface area contributed by atoms with Crippen molar-refractivity contribution in [3.63, 3.8) is 0 Å². The van der Waals surface area contributed by atoms with Crippen molar-refractivity contribution in [2.45, 2.75) is 19.4 Å². The average molecular weight is 365 g/mol. The Balaban J connectivity index is 1.76. The first-order valence-corrected chi connectivity index (χ1v) is 9.05. The van der Waals surface area contributed by atoms with Gasteiger partial charge in [-0.2, -0.15) is 0 Å². The highest BCUT2D eigenvalue weighted by atomic mass is 35.5. The Morgan fingerprint density at radius 1 is 1.08 bits per heavy atom. The molecule has 2 rings (SSSR count). The minimum Gasteiger partial charge on any atom is -0.491 e. The fraction of sp³-hybridized carbons (Fsp3) is 0.400. The number of halogens is 1. The molecule has 0 aliphatic heterocycles. The average Bonchev–Trinajstić information content (AvgIpc) is 2.59. The second kappa shape index (κ2) is 11.1. The van der Waals surface area contributed by atoms with E-state index in [-0.39, 0.29) is 6.10 Å². The summed E-state index contributed by atoms with van der Waals surface area (Å²) in [5, 5.41) is 11.9. The molecule has 0 unspecified atom stereocenters. The van der Waals surface area contributed by atoms with Crippen molar-refractivity contribution in [2.75, 3.05) is 32.9 Å². The van der Waals surface area contributed by atoms with Gasteiger partial charge in [0.1, 0.15) is 18.9 Å². The molecule has 0 amide bonds. The topological polar surface area (TPSA) is 55.3 Å². The Bertz CT molecular complexity index is 620. The molecule has 0 bridgehead atoms. The van der Waals surface area contributed by atoms with Crippen LogP contribution in [0.5, 0.6) is 5.75 Å². The summed E-state index contributed by atoms with van der Waals surface area (Å²) in [7, 11) is 0. The fourth-order valence-corrected chi connectivity index (χ4v) is 2.68. The third-order valence-electron chi connectivity index (χ3n) is 3.72. The van der Waals surface area contributed by atoms with Crippen molar-refractivity contribution in [3.05, 3.63) is 64.7 Å². The molecule has 3 N–H and O–H groups in total. The van der Waals surface area contributed by atoms with E-state index in [0.717, 1.165) is 24.3 Å². The molecule has 2 aromatic rings. The highest BCUT2D eigenvalue weighted by Crippen LogP contribution is 2.25. The maximum absolute atomic E-state index is 9.17. The first-order valence-electron chi connectivity index (χ1n) is 8.68. The Morgan fingerprint density at radius 2 is 1.88 bits per heavy atom. The molecule has 0 fully saturated rings. The van der Waals surface area contributed by atoms with Gasteiger partial charge in [-0.1, -0.05) is 41.9 Å². The Hall–Kier alpha value is -1.59. The summed E-state index contributed by atoms with van der Waals surface area (Å²) in [5.74, 6) is 0.845. The van der Waals surface area contributed by atoms with Gasteiger partial charge in [-0.3, -0.25) is 0 Å². The van der Waals surface area contributed by atoms with Gasteiger partial charge in [0, 0.05) is 11.4 Å². The number of quaternary nitrogens is 1. The lowest BCUT2D eigenvalue weighted by atomic mass is 10.0. The van der Waals surface area contributed by atoms with Gasteiger partial charge in [0.25, 0.3) is 0 Å². The summed E-state index contributed by atoms with van der Waals surface area (Å²) in [6, 6.07) is 16.0. The lowest BCUT2D eigenvalue weighted by Crippen LogP contribution is -2.87. The van der Waals surface area contributed by atoms with E-state index in [2.05, 4.69) is 12.1 Å². The van der Waals surface area contributed by atoms with E-state index in [9.17, 15) is 0 Å². The summed E-state index contributed by atoms with van der Waals surface area (Å²) in [6.45, 7) is 5.01. The second-order valence-electron chi connectivity index (χ2n) is 6.04. The molecule has 2 aromatic carbocycles. The summed E-state index contributed by atoms with van der Waals surface area (Å²) >= 11 is 6.14. The van der Waals surface area contributed by atoms with Crippen molar-refractivity contribution >= 4 is 11.6 Å². The van der Waals surface area contributed by atoms with Gasteiger partial charge in [0.15, 0.2) is 0 Å². The number of benzene rings is 2. The molecule has 5 heteroatoms. The number of hydrogen-bond acceptors (Lipinski definition) is 3.